The second-order valence-corrected chi connectivity index (χ2v) is 8.10. The standard InChI is InChI=1S/C23H21F3N4O2/c24-23(25,26)16-2-8-21(27-14-16)32-18-5-7-19-15(13-18)1-6-20(28-19)22(31)30-11-9-29(10-12-30)17-3-4-17/h1-2,5-8,13-14,17H,3-4,9-12H2. The average molecular weight is 442 g/mol. The summed E-state index contributed by atoms with van der Waals surface area (Å²) in [5, 5.41) is 0.754. The Balaban J connectivity index is 1.27. The largest absolute Gasteiger partial charge is 0.439 e. The van der Waals surface area contributed by atoms with E-state index in [-0.39, 0.29) is 11.8 Å². The molecule has 1 saturated carbocycles. The first-order chi connectivity index (χ1) is 15.4. The highest BCUT2D eigenvalue weighted by atomic mass is 19.4. The van der Waals surface area contributed by atoms with Crippen LogP contribution < -0.4 is 4.74 Å². The fourth-order valence-electron chi connectivity index (χ4n) is 3.91. The minimum atomic E-state index is -4.44. The summed E-state index contributed by atoms with van der Waals surface area (Å²) in [4.78, 5) is 25.4. The number of fused-ring (bicyclic) bond motifs is 1. The summed E-state index contributed by atoms with van der Waals surface area (Å²) in [6, 6.07) is 11.4. The first-order valence-corrected chi connectivity index (χ1v) is 10.5. The lowest BCUT2D eigenvalue weighted by Crippen LogP contribution is -2.49. The van der Waals surface area contributed by atoms with Gasteiger partial charge in [-0.25, -0.2) is 9.97 Å². The molecule has 0 atom stereocenters. The molecule has 1 saturated heterocycles. The van der Waals surface area contributed by atoms with Crippen LogP contribution in [0.5, 0.6) is 11.6 Å². The second kappa shape index (κ2) is 8.05. The summed E-state index contributed by atoms with van der Waals surface area (Å²) in [5.41, 5.74) is 0.203. The molecule has 9 heteroatoms. The molecule has 0 N–H and O–H groups in total. The molecule has 0 unspecified atom stereocenters. The van der Waals surface area contributed by atoms with Crippen LogP contribution in [0.3, 0.4) is 0 Å². The van der Waals surface area contributed by atoms with E-state index in [2.05, 4.69) is 14.9 Å². The van der Waals surface area contributed by atoms with Crippen LogP contribution in [0.15, 0.2) is 48.7 Å². The number of alkyl halides is 3. The molecule has 0 radical (unpaired) electrons. The Morgan fingerprint density at radius 1 is 1.00 bits per heavy atom. The number of carbonyl (C=O) groups excluding carboxylic acids is 1. The predicted molar refractivity (Wildman–Crippen MR) is 112 cm³/mol. The number of piperazine rings is 1. The molecular weight excluding hydrogens is 421 g/mol. The molecule has 1 aliphatic carbocycles. The summed E-state index contributed by atoms with van der Waals surface area (Å²) in [6.45, 7) is 3.23. The lowest BCUT2D eigenvalue weighted by atomic mass is 10.1. The Morgan fingerprint density at radius 3 is 2.44 bits per heavy atom. The number of rotatable bonds is 4. The Bertz CT molecular complexity index is 1140. The van der Waals surface area contributed by atoms with Crippen LogP contribution in [0.1, 0.15) is 28.9 Å². The number of hydrogen-bond acceptors (Lipinski definition) is 5. The van der Waals surface area contributed by atoms with E-state index >= 15 is 0 Å². The van der Waals surface area contributed by atoms with Crippen LogP contribution in [0.25, 0.3) is 10.9 Å². The molecule has 2 fully saturated rings. The number of pyridine rings is 2. The van der Waals surface area contributed by atoms with Gasteiger partial charge in [0.1, 0.15) is 11.4 Å². The van der Waals surface area contributed by atoms with Gasteiger partial charge in [-0.2, -0.15) is 13.2 Å². The first kappa shape index (κ1) is 20.7. The molecule has 1 amide bonds. The van der Waals surface area contributed by atoms with Crippen LogP contribution >= 0.6 is 0 Å². The number of hydrogen-bond donors (Lipinski definition) is 0. The Kier molecular flexibility index (Phi) is 5.21. The molecule has 6 nitrogen and oxygen atoms in total. The van der Waals surface area contributed by atoms with Gasteiger partial charge in [0, 0.05) is 49.9 Å². The highest BCUT2D eigenvalue weighted by molar-refractivity contribution is 5.95. The Morgan fingerprint density at radius 2 is 1.78 bits per heavy atom. The van der Waals surface area contributed by atoms with Crippen LogP contribution in [-0.2, 0) is 6.18 Å². The third kappa shape index (κ3) is 4.38. The van der Waals surface area contributed by atoms with Gasteiger partial charge < -0.3 is 9.64 Å². The van der Waals surface area contributed by atoms with Gasteiger partial charge in [-0.15, -0.1) is 0 Å². The summed E-state index contributed by atoms with van der Waals surface area (Å²) >= 11 is 0. The van der Waals surface area contributed by atoms with Gasteiger partial charge in [0.05, 0.1) is 11.1 Å². The van der Waals surface area contributed by atoms with Gasteiger partial charge in [-0.3, -0.25) is 9.69 Å². The molecule has 2 aliphatic rings. The number of ether oxygens (including phenoxy) is 1. The van der Waals surface area contributed by atoms with E-state index in [1.807, 2.05) is 4.90 Å². The Labute approximate surface area is 182 Å². The van der Waals surface area contributed by atoms with Gasteiger partial charge in [0.2, 0.25) is 5.88 Å². The van der Waals surface area contributed by atoms with Crippen molar-refractivity contribution in [2.75, 3.05) is 26.2 Å². The normalized spacial score (nSPS) is 17.5. The fraction of sp³-hybridized carbons (Fsp3) is 0.348. The second-order valence-electron chi connectivity index (χ2n) is 8.10. The maximum atomic E-state index is 12.9. The van der Waals surface area contributed by atoms with E-state index in [0.717, 1.165) is 30.7 Å². The molecular formula is C23H21F3N4O2. The third-order valence-electron chi connectivity index (χ3n) is 5.83. The fourth-order valence-corrected chi connectivity index (χ4v) is 3.91. The van der Waals surface area contributed by atoms with Crippen LogP contribution in [0.4, 0.5) is 13.2 Å². The molecule has 5 rings (SSSR count). The average Bonchev–Trinajstić information content (AvgIpc) is 3.64. The zero-order valence-corrected chi connectivity index (χ0v) is 17.2. The summed E-state index contributed by atoms with van der Waals surface area (Å²) in [7, 11) is 0. The quantitative estimate of drug-likeness (QED) is 0.601. The monoisotopic (exact) mass is 442 g/mol. The van der Waals surface area contributed by atoms with Gasteiger partial charge in [0.25, 0.3) is 5.91 Å². The maximum absolute atomic E-state index is 12.9. The van der Waals surface area contributed by atoms with Gasteiger partial charge >= 0.3 is 6.18 Å². The van der Waals surface area contributed by atoms with Crippen LogP contribution in [-0.4, -0.2) is 57.9 Å². The smallest absolute Gasteiger partial charge is 0.417 e. The van der Waals surface area contributed by atoms with Crippen molar-refractivity contribution in [1.29, 1.82) is 0 Å². The SMILES string of the molecule is O=C(c1ccc2cc(Oc3ccc(C(F)(F)F)cn3)ccc2n1)N1CCN(C2CC2)CC1. The number of amides is 1. The number of carbonyl (C=O) groups is 1. The van der Waals surface area contributed by atoms with Crippen molar-refractivity contribution in [1.82, 2.24) is 19.8 Å². The van der Waals surface area contributed by atoms with Crippen LogP contribution in [0, 0.1) is 0 Å². The van der Waals surface area contributed by atoms with E-state index in [1.54, 1.807) is 30.3 Å². The third-order valence-corrected chi connectivity index (χ3v) is 5.83. The zero-order chi connectivity index (χ0) is 22.3. The van der Waals surface area contributed by atoms with Crippen molar-refractivity contribution < 1.29 is 22.7 Å². The molecule has 3 aromatic rings. The van der Waals surface area contributed by atoms with E-state index in [0.29, 0.717) is 36.1 Å². The molecule has 3 heterocycles. The molecule has 1 aliphatic heterocycles. The molecule has 1 aromatic carbocycles. The first-order valence-electron chi connectivity index (χ1n) is 10.5. The summed E-state index contributed by atoms with van der Waals surface area (Å²) < 4.78 is 43.6. The van der Waals surface area contributed by atoms with E-state index < -0.39 is 11.7 Å². The van der Waals surface area contributed by atoms with Crippen molar-refractivity contribution in [3.63, 3.8) is 0 Å². The zero-order valence-electron chi connectivity index (χ0n) is 17.2. The number of benzene rings is 1. The number of nitrogens with zero attached hydrogens (tertiary/aromatic N) is 4. The molecule has 2 aromatic heterocycles. The molecule has 0 bridgehead atoms. The maximum Gasteiger partial charge on any atom is 0.417 e. The summed E-state index contributed by atoms with van der Waals surface area (Å²) in [5.74, 6) is 0.404. The van der Waals surface area contributed by atoms with E-state index in [4.69, 9.17) is 4.74 Å². The Hall–Kier alpha value is -3.20. The number of aromatic nitrogens is 2. The van der Waals surface area contributed by atoms with E-state index in [9.17, 15) is 18.0 Å². The van der Waals surface area contributed by atoms with Crippen molar-refractivity contribution in [2.45, 2.75) is 25.1 Å². The van der Waals surface area contributed by atoms with Crippen molar-refractivity contribution in [3.05, 3.63) is 59.9 Å². The van der Waals surface area contributed by atoms with Gasteiger partial charge in [-0.1, -0.05) is 6.07 Å². The number of halogens is 3. The predicted octanol–water partition coefficient (Wildman–Crippen LogP) is 4.36. The van der Waals surface area contributed by atoms with Gasteiger partial charge in [-0.05, 0) is 43.2 Å². The van der Waals surface area contributed by atoms with E-state index in [1.165, 1.54) is 18.9 Å². The van der Waals surface area contributed by atoms with Crippen molar-refractivity contribution in [3.8, 4) is 11.6 Å². The lowest BCUT2D eigenvalue weighted by Gasteiger charge is -2.34. The molecule has 32 heavy (non-hydrogen) atoms. The highest BCUT2D eigenvalue weighted by Crippen LogP contribution is 2.31. The molecule has 0 spiro atoms. The van der Waals surface area contributed by atoms with Gasteiger partial charge in [0.15, 0.2) is 0 Å². The topological polar surface area (TPSA) is 58.6 Å². The van der Waals surface area contributed by atoms with Crippen LogP contribution in [0.2, 0.25) is 0 Å². The lowest BCUT2D eigenvalue weighted by molar-refractivity contribution is -0.137. The highest BCUT2D eigenvalue weighted by Gasteiger charge is 2.33. The minimum absolute atomic E-state index is 0.0578. The summed E-state index contributed by atoms with van der Waals surface area (Å²) in [6.07, 6.45) is -1.18. The molecule has 166 valence electrons. The van der Waals surface area contributed by atoms with Crippen molar-refractivity contribution >= 4 is 16.8 Å². The van der Waals surface area contributed by atoms with Crippen molar-refractivity contribution in [2.24, 2.45) is 0 Å². The minimum Gasteiger partial charge on any atom is -0.439 e.